The fourth-order valence-electron chi connectivity index (χ4n) is 2.37. The molecular formula is C14H20N4O2S. The Morgan fingerprint density at radius 3 is 2.29 bits per heavy atom. The monoisotopic (exact) mass is 308 g/mol. The summed E-state index contributed by atoms with van der Waals surface area (Å²) >= 11 is 0. The Hall–Kier alpha value is -1.60. The van der Waals surface area contributed by atoms with Gasteiger partial charge in [-0.3, -0.25) is 0 Å². The number of benzene rings is 1. The molecule has 2 fully saturated rings. The van der Waals surface area contributed by atoms with Crippen LogP contribution in [0.5, 0.6) is 0 Å². The average Bonchev–Trinajstić information content (AvgIpc) is 3.32. The van der Waals surface area contributed by atoms with Crippen LogP contribution in [0.2, 0.25) is 0 Å². The maximum atomic E-state index is 12.5. The summed E-state index contributed by atoms with van der Waals surface area (Å²) < 4.78 is 26.5. The molecule has 0 amide bonds. The summed E-state index contributed by atoms with van der Waals surface area (Å²) in [5.74, 6) is 0.550. The van der Waals surface area contributed by atoms with Crippen LogP contribution in [-0.2, 0) is 10.0 Å². The van der Waals surface area contributed by atoms with Crippen molar-refractivity contribution in [3.8, 4) is 0 Å². The lowest BCUT2D eigenvalue weighted by molar-refractivity contribution is 0.263. The summed E-state index contributed by atoms with van der Waals surface area (Å²) in [6.07, 6.45) is 2.23. The van der Waals surface area contributed by atoms with Crippen LogP contribution in [0.3, 0.4) is 0 Å². The molecule has 1 aromatic rings. The van der Waals surface area contributed by atoms with Gasteiger partial charge in [-0.1, -0.05) is 18.2 Å². The predicted molar refractivity (Wildman–Crippen MR) is 81.4 cm³/mol. The molecular weight excluding hydrogens is 288 g/mol. The first-order chi connectivity index (χ1) is 10.1. The van der Waals surface area contributed by atoms with Gasteiger partial charge in [-0.25, -0.2) is 13.4 Å². The molecule has 21 heavy (non-hydrogen) atoms. The highest BCUT2D eigenvalue weighted by molar-refractivity contribution is 7.89. The first-order valence-corrected chi connectivity index (χ1v) is 8.65. The van der Waals surface area contributed by atoms with E-state index in [1.165, 1.54) is 4.31 Å². The van der Waals surface area contributed by atoms with Crippen molar-refractivity contribution < 1.29 is 8.42 Å². The van der Waals surface area contributed by atoms with Gasteiger partial charge in [0.05, 0.1) is 10.9 Å². The first kappa shape index (κ1) is 14.3. The normalized spacial score (nSPS) is 21.5. The first-order valence-electron chi connectivity index (χ1n) is 7.21. The van der Waals surface area contributed by atoms with Gasteiger partial charge in [0.1, 0.15) is 0 Å². The van der Waals surface area contributed by atoms with Crippen LogP contribution in [0, 0.1) is 0 Å². The van der Waals surface area contributed by atoms with E-state index in [1.807, 2.05) is 11.0 Å². The third kappa shape index (κ3) is 3.19. The third-order valence-corrected chi connectivity index (χ3v) is 5.72. The highest BCUT2D eigenvalue weighted by Gasteiger charge is 2.29. The zero-order chi connectivity index (χ0) is 14.9. The van der Waals surface area contributed by atoms with Crippen molar-refractivity contribution in [2.24, 2.45) is 10.7 Å². The van der Waals surface area contributed by atoms with E-state index < -0.39 is 10.0 Å². The van der Waals surface area contributed by atoms with Crippen LogP contribution in [0.4, 0.5) is 0 Å². The molecule has 0 aromatic heterocycles. The number of aliphatic imine (C=N–C) groups is 1. The quantitative estimate of drug-likeness (QED) is 0.650. The Kier molecular flexibility index (Phi) is 3.86. The Morgan fingerprint density at radius 1 is 1.10 bits per heavy atom. The van der Waals surface area contributed by atoms with E-state index in [1.54, 1.807) is 24.3 Å². The number of hydrogen-bond acceptors (Lipinski definition) is 3. The molecule has 1 aromatic carbocycles. The summed E-state index contributed by atoms with van der Waals surface area (Å²) in [5, 5.41) is 0. The van der Waals surface area contributed by atoms with Crippen molar-refractivity contribution in [1.82, 2.24) is 9.21 Å². The average molecular weight is 308 g/mol. The van der Waals surface area contributed by atoms with E-state index in [2.05, 4.69) is 4.99 Å². The van der Waals surface area contributed by atoms with E-state index in [4.69, 9.17) is 5.73 Å². The molecule has 1 saturated carbocycles. The third-order valence-electron chi connectivity index (χ3n) is 3.81. The second kappa shape index (κ2) is 5.65. The van der Waals surface area contributed by atoms with Gasteiger partial charge < -0.3 is 10.6 Å². The minimum Gasteiger partial charge on any atom is -0.370 e. The minimum atomic E-state index is -3.40. The standard InChI is InChI=1S/C14H20N4O2S/c15-14(16-12-6-7-12)17-8-10-18(11-9-17)21(19,20)13-4-2-1-3-5-13/h1-5,12H,6-11H2,(H2,15,16). The van der Waals surface area contributed by atoms with Gasteiger partial charge in [0.15, 0.2) is 5.96 Å². The van der Waals surface area contributed by atoms with Crippen LogP contribution < -0.4 is 5.73 Å². The number of nitrogens with zero attached hydrogens (tertiary/aromatic N) is 3. The Labute approximate surface area is 125 Å². The summed E-state index contributed by atoms with van der Waals surface area (Å²) in [4.78, 5) is 6.72. The molecule has 0 spiro atoms. The van der Waals surface area contributed by atoms with Crippen LogP contribution in [0.1, 0.15) is 12.8 Å². The van der Waals surface area contributed by atoms with Crippen LogP contribution in [0.25, 0.3) is 0 Å². The van der Waals surface area contributed by atoms with Crippen LogP contribution in [0.15, 0.2) is 40.2 Å². The molecule has 114 valence electrons. The maximum Gasteiger partial charge on any atom is 0.243 e. The van der Waals surface area contributed by atoms with Gasteiger partial charge in [-0.05, 0) is 25.0 Å². The second-order valence-corrected chi connectivity index (χ2v) is 7.36. The van der Waals surface area contributed by atoms with Gasteiger partial charge >= 0.3 is 0 Å². The molecule has 2 aliphatic rings. The zero-order valence-corrected chi connectivity index (χ0v) is 12.7. The number of sulfonamides is 1. The lowest BCUT2D eigenvalue weighted by atomic mass is 10.4. The number of hydrogen-bond donors (Lipinski definition) is 1. The van der Waals surface area contributed by atoms with E-state index in [0.717, 1.165) is 12.8 Å². The van der Waals surface area contributed by atoms with Crippen molar-refractivity contribution in [3.05, 3.63) is 30.3 Å². The van der Waals surface area contributed by atoms with E-state index in [-0.39, 0.29) is 0 Å². The molecule has 0 unspecified atom stereocenters. The molecule has 1 saturated heterocycles. The Balaban J connectivity index is 1.65. The molecule has 1 aliphatic carbocycles. The van der Waals surface area contributed by atoms with Gasteiger partial charge in [0.2, 0.25) is 10.0 Å². The van der Waals surface area contributed by atoms with Crippen molar-refractivity contribution in [2.75, 3.05) is 26.2 Å². The highest BCUT2D eigenvalue weighted by atomic mass is 32.2. The fourth-order valence-corrected chi connectivity index (χ4v) is 3.81. The SMILES string of the molecule is NC(=NC1CC1)N1CCN(S(=O)(=O)c2ccccc2)CC1. The van der Waals surface area contributed by atoms with Gasteiger partial charge in [0.25, 0.3) is 0 Å². The lowest BCUT2D eigenvalue weighted by Gasteiger charge is -2.34. The van der Waals surface area contributed by atoms with Crippen molar-refractivity contribution in [2.45, 2.75) is 23.8 Å². The fraction of sp³-hybridized carbons (Fsp3) is 0.500. The Morgan fingerprint density at radius 2 is 1.71 bits per heavy atom. The van der Waals surface area contributed by atoms with Crippen LogP contribution in [-0.4, -0.2) is 55.8 Å². The maximum absolute atomic E-state index is 12.5. The Bertz CT molecular complexity index is 618. The van der Waals surface area contributed by atoms with Gasteiger partial charge in [-0.15, -0.1) is 0 Å². The minimum absolute atomic E-state index is 0.345. The second-order valence-electron chi connectivity index (χ2n) is 5.42. The van der Waals surface area contributed by atoms with Crippen molar-refractivity contribution in [1.29, 1.82) is 0 Å². The molecule has 7 heteroatoms. The molecule has 0 bridgehead atoms. The van der Waals surface area contributed by atoms with E-state index in [0.29, 0.717) is 43.1 Å². The smallest absolute Gasteiger partial charge is 0.243 e. The van der Waals surface area contributed by atoms with Crippen LogP contribution >= 0.6 is 0 Å². The molecule has 0 radical (unpaired) electrons. The molecule has 1 heterocycles. The lowest BCUT2D eigenvalue weighted by Crippen LogP contribution is -2.52. The zero-order valence-electron chi connectivity index (χ0n) is 11.9. The van der Waals surface area contributed by atoms with Crippen molar-refractivity contribution in [3.63, 3.8) is 0 Å². The number of piperazine rings is 1. The van der Waals surface area contributed by atoms with Crippen molar-refractivity contribution >= 4 is 16.0 Å². The molecule has 1 aliphatic heterocycles. The predicted octanol–water partition coefficient (Wildman–Crippen LogP) is 0.470. The summed E-state index contributed by atoms with van der Waals surface area (Å²) in [5.41, 5.74) is 5.96. The van der Waals surface area contributed by atoms with Gasteiger partial charge in [0, 0.05) is 26.2 Å². The van der Waals surface area contributed by atoms with Gasteiger partial charge in [-0.2, -0.15) is 4.31 Å². The molecule has 3 rings (SSSR count). The van der Waals surface area contributed by atoms with E-state index >= 15 is 0 Å². The molecule has 2 N–H and O–H groups in total. The largest absolute Gasteiger partial charge is 0.370 e. The van der Waals surface area contributed by atoms with E-state index in [9.17, 15) is 8.42 Å². The molecule has 0 atom stereocenters. The topological polar surface area (TPSA) is 79.0 Å². The number of nitrogens with two attached hydrogens (primary N) is 1. The number of guanidine groups is 1. The summed E-state index contributed by atoms with van der Waals surface area (Å²) in [7, 11) is -3.40. The number of rotatable bonds is 3. The summed E-state index contributed by atoms with van der Waals surface area (Å²) in [6.45, 7) is 2.07. The molecule has 6 nitrogen and oxygen atoms in total. The summed E-state index contributed by atoms with van der Waals surface area (Å²) in [6, 6.07) is 8.93. The highest BCUT2D eigenvalue weighted by Crippen LogP contribution is 2.24.